The van der Waals surface area contributed by atoms with Crippen LogP contribution in [0.4, 0.5) is 0 Å². The van der Waals surface area contributed by atoms with E-state index in [0.717, 1.165) is 6.42 Å². The number of rotatable bonds is 7. The van der Waals surface area contributed by atoms with Crippen LogP contribution < -0.4 is 0 Å². The molecule has 0 N–H and O–H groups in total. The van der Waals surface area contributed by atoms with E-state index in [1.54, 1.807) is 0 Å². The summed E-state index contributed by atoms with van der Waals surface area (Å²) in [6.07, 6.45) is 0.811. The quantitative estimate of drug-likeness (QED) is 0.538. The molecule has 2 nitrogen and oxygen atoms in total. The van der Waals surface area contributed by atoms with Crippen molar-refractivity contribution in [3.05, 3.63) is 35.9 Å². The third-order valence-electron chi connectivity index (χ3n) is 4.32. The highest BCUT2D eigenvalue weighted by Crippen LogP contribution is 2.16. The molecule has 0 saturated carbocycles. The molecule has 0 heterocycles. The van der Waals surface area contributed by atoms with E-state index in [-0.39, 0.29) is 6.98 Å². The van der Waals surface area contributed by atoms with E-state index in [2.05, 4.69) is 107 Å². The fourth-order valence-electron chi connectivity index (χ4n) is 3.47. The molecule has 0 aliphatic carbocycles. The maximum Gasteiger partial charge on any atom is 0.400 e. The van der Waals surface area contributed by atoms with Crippen LogP contribution in [-0.2, 0) is 6.42 Å². The van der Waals surface area contributed by atoms with Gasteiger partial charge in [-0.15, -0.1) is 11.7 Å². The van der Waals surface area contributed by atoms with Crippen molar-refractivity contribution >= 4 is 6.98 Å². The van der Waals surface area contributed by atoms with Crippen LogP contribution in [0.5, 0.6) is 0 Å². The van der Waals surface area contributed by atoms with Gasteiger partial charge in [0.2, 0.25) is 0 Å². The molecule has 0 radical (unpaired) electrons. The van der Waals surface area contributed by atoms with Gasteiger partial charge in [0.25, 0.3) is 0 Å². The molecule has 1 aromatic carbocycles. The fraction of sp³-hybridized carbons (Fsp3) is 0.619. The average molecular weight is 326 g/mol. The Labute approximate surface area is 150 Å². The zero-order chi connectivity index (χ0) is 18.3. The highest BCUT2D eigenvalue weighted by Gasteiger charge is 2.35. The first-order valence-corrected chi connectivity index (χ1v) is 9.32. The summed E-state index contributed by atoms with van der Waals surface area (Å²) in [6.45, 7) is 18.3. The monoisotopic (exact) mass is 326 g/mol. The molecule has 0 atom stereocenters. The molecule has 1 aromatic rings. The molecule has 0 aliphatic heterocycles. The van der Waals surface area contributed by atoms with Gasteiger partial charge in [-0.3, -0.25) is 0 Å². The summed E-state index contributed by atoms with van der Waals surface area (Å²) >= 11 is 0. The molecule has 0 unspecified atom stereocenters. The van der Waals surface area contributed by atoms with E-state index in [0.29, 0.717) is 24.2 Å². The Morgan fingerprint density at radius 2 is 1.17 bits per heavy atom. The summed E-state index contributed by atoms with van der Waals surface area (Å²) in [5.74, 6) is 7.04. The van der Waals surface area contributed by atoms with Crippen molar-refractivity contribution in [2.24, 2.45) is 0 Å². The molecule has 0 amide bonds. The molecule has 1 rings (SSSR count). The molecule has 0 bridgehead atoms. The van der Waals surface area contributed by atoms with Gasteiger partial charge in [0.15, 0.2) is 0 Å². The minimum Gasteiger partial charge on any atom is -0.313 e. The van der Waals surface area contributed by atoms with Crippen LogP contribution >= 0.6 is 0 Å². The predicted octanol–water partition coefficient (Wildman–Crippen LogP) is 4.50. The molecule has 0 saturated heterocycles. The van der Waals surface area contributed by atoms with Crippen molar-refractivity contribution in [3.8, 4) is 11.7 Å². The highest BCUT2D eigenvalue weighted by molar-refractivity contribution is 6.62. The Hall–Kier alpha value is -1.24. The average Bonchev–Trinajstić information content (AvgIpc) is 2.46. The van der Waals surface area contributed by atoms with E-state index in [1.165, 1.54) is 5.56 Å². The third-order valence-corrected chi connectivity index (χ3v) is 4.32. The summed E-state index contributed by atoms with van der Waals surface area (Å²) in [5, 5.41) is 0. The molecule has 0 fully saturated rings. The van der Waals surface area contributed by atoms with Crippen molar-refractivity contribution in [2.45, 2.75) is 86.0 Å². The van der Waals surface area contributed by atoms with E-state index in [9.17, 15) is 0 Å². The van der Waals surface area contributed by atoms with E-state index in [4.69, 9.17) is 0 Å². The summed E-state index contributed by atoms with van der Waals surface area (Å²) in [7, 11) is 0. The smallest absolute Gasteiger partial charge is 0.313 e. The van der Waals surface area contributed by atoms with E-state index >= 15 is 0 Å². The number of hydrogen-bond acceptors (Lipinski definition) is 2. The first-order chi connectivity index (χ1) is 11.3. The summed E-state index contributed by atoms with van der Waals surface area (Å²) in [5.41, 5.74) is 1.28. The zero-order valence-corrected chi connectivity index (χ0v) is 16.9. The molecular formula is C21H35BN2. The number of benzene rings is 1. The van der Waals surface area contributed by atoms with Gasteiger partial charge in [0.05, 0.1) is 0 Å². The minimum atomic E-state index is 0.147. The molecule has 0 spiro atoms. The van der Waals surface area contributed by atoms with Crippen LogP contribution in [0, 0.1) is 11.7 Å². The fourth-order valence-corrected chi connectivity index (χ4v) is 3.47. The maximum absolute atomic E-state index is 3.60. The van der Waals surface area contributed by atoms with Gasteiger partial charge in [-0.05, 0) is 29.7 Å². The van der Waals surface area contributed by atoms with Gasteiger partial charge < -0.3 is 9.62 Å². The Morgan fingerprint density at radius 1 is 0.750 bits per heavy atom. The van der Waals surface area contributed by atoms with Crippen LogP contribution in [0.1, 0.15) is 61.0 Å². The summed E-state index contributed by atoms with van der Waals surface area (Å²) in [6, 6.07) is 12.3. The normalized spacial score (nSPS) is 11.8. The van der Waals surface area contributed by atoms with Crippen molar-refractivity contribution in [3.63, 3.8) is 0 Å². The maximum atomic E-state index is 3.60. The van der Waals surface area contributed by atoms with Gasteiger partial charge in [0, 0.05) is 6.42 Å². The third kappa shape index (κ3) is 6.00. The Bertz CT molecular complexity index is 490. The standard InChI is InChI=1S/C21H35BN2/c1-17(2)23(18(3)4)22(24(19(5)6)20(7)8)16-12-15-21-13-10-9-11-14-21/h9-11,13-14,17-20H,15H2,1-8H3. The van der Waals surface area contributed by atoms with Crippen LogP contribution in [-0.4, -0.2) is 40.8 Å². The first-order valence-electron chi connectivity index (χ1n) is 9.32. The lowest BCUT2D eigenvalue weighted by atomic mass is 9.68. The largest absolute Gasteiger partial charge is 0.400 e. The van der Waals surface area contributed by atoms with Gasteiger partial charge in [0.1, 0.15) is 0 Å². The second kappa shape index (κ2) is 9.92. The lowest BCUT2D eigenvalue weighted by Crippen LogP contribution is -2.61. The highest BCUT2D eigenvalue weighted by atomic mass is 15.3. The lowest BCUT2D eigenvalue weighted by molar-refractivity contribution is 0.229. The van der Waals surface area contributed by atoms with Crippen LogP contribution in [0.25, 0.3) is 0 Å². The minimum absolute atomic E-state index is 0.147. The van der Waals surface area contributed by atoms with Crippen LogP contribution in [0.15, 0.2) is 30.3 Å². The van der Waals surface area contributed by atoms with Crippen molar-refractivity contribution in [1.29, 1.82) is 0 Å². The molecule has 132 valence electrons. The van der Waals surface area contributed by atoms with E-state index < -0.39 is 0 Å². The SMILES string of the molecule is CC(C)N(B(C#CCc1ccccc1)N(C(C)C)C(C)C)C(C)C. The molecular weight excluding hydrogens is 291 g/mol. The molecule has 24 heavy (non-hydrogen) atoms. The second-order valence-electron chi connectivity index (χ2n) is 7.63. The van der Waals surface area contributed by atoms with Crippen LogP contribution in [0.3, 0.4) is 0 Å². The van der Waals surface area contributed by atoms with Gasteiger partial charge in [-0.2, -0.15) is 0 Å². The van der Waals surface area contributed by atoms with Gasteiger partial charge >= 0.3 is 6.98 Å². The lowest BCUT2D eigenvalue weighted by Gasteiger charge is -2.43. The van der Waals surface area contributed by atoms with E-state index in [1.807, 2.05) is 0 Å². The summed E-state index contributed by atoms with van der Waals surface area (Å²) < 4.78 is 0. The molecule has 0 aromatic heterocycles. The molecule has 3 heteroatoms. The Kier molecular flexibility index (Phi) is 8.60. The predicted molar refractivity (Wildman–Crippen MR) is 108 cm³/mol. The first kappa shape index (κ1) is 20.8. The Balaban J connectivity index is 3.13. The molecule has 0 aliphatic rings. The zero-order valence-electron chi connectivity index (χ0n) is 16.9. The number of nitrogens with zero attached hydrogens (tertiary/aromatic N) is 2. The van der Waals surface area contributed by atoms with Gasteiger partial charge in [-0.25, -0.2) is 0 Å². The van der Waals surface area contributed by atoms with Gasteiger partial charge in [-0.1, -0.05) is 85.7 Å². The topological polar surface area (TPSA) is 6.48 Å². The Morgan fingerprint density at radius 3 is 1.54 bits per heavy atom. The number of hydrogen-bond donors (Lipinski definition) is 0. The van der Waals surface area contributed by atoms with Crippen LogP contribution in [0.2, 0.25) is 0 Å². The van der Waals surface area contributed by atoms with Crippen molar-refractivity contribution in [1.82, 2.24) is 9.62 Å². The summed E-state index contributed by atoms with van der Waals surface area (Å²) in [4.78, 5) is 5.05. The van der Waals surface area contributed by atoms with Crippen molar-refractivity contribution < 1.29 is 0 Å². The van der Waals surface area contributed by atoms with Crippen molar-refractivity contribution in [2.75, 3.05) is 0 Å². The second-order valence-corrected chi connectivity index (χ2v) is 7.63.